The molecule has 1 aliphatic heterocycles. The molecule has 0 aliphatic carbocycles. The second-order valence-electron chi connectivity index (χ2n) is 5.97. The minimum Gasteiger partial charge on any atom is -0.497 e. The maximum Gasteiger partial charge on any atom is 0.306 e. The molecule has 1 unspecified atom stereocenters. The van der Waals surface area contributed by atoms with Gasteiger partial charge in [0.1, 0.15) is 5.75 Å². The summed E-state index contributed by atoms with van der Waals surface area (Å²) >= 11 is 7.72. The molecule has 4 nitrogen and oxygen atoms in total. The van der Waals surface area contributed by atoms with E-state index in [2.05, 4.69) is 23.1 Å². The number of aliphatic carboxylic acids is 1. The zero-order valence-corrected chi connectivity index (χ0v) is 15.0. The quantitative estimate of drug-likeness (QED) is 0.858. The Hall–Kier alpha value is -1.56. The summed E-state index contributed by atoms with van der Waals surface area (Å²) in [6.07, 6.45) is 1.36. The number of carbonyl (C=O) groups is 1. The maximum absolute atomic E-state index is 11.2. The minimum absolute atomic E-state index is 0.100. The molecule has 1 aliphatic rings. The normalized spacial score (nSPS) is 17.6. The number of halogens is 1. The Morgan fingerprint density at radius 1 is 1.25 bits per heavy atom. The van der Waals surface area contributed by atoms with Gasteiger partial charge in [-0.1, -0.05) is 23.7 Å². The van der Waals surface area contributed by atoms with Crippen LogP contribution in [0.1, 0.15) is 29.3 Å². The molecule has 2 heterocycles. The van der Waals surface area contributed by atoms with Crippen LogP contribution in [0.3, 0.4) is 0 Å². The number of carboxylic acids is 1. The molecule has 1 fully saturated rings. The SMILES string of the molecule is COc1ccc(C(c2ccc(Cl)s2)N2CCC(C(=O)O)CC2)cc1. The summed E-state index contributed by atoms with van der Waals surface area (Å²) in [7, 11) is 1.65. The minimum atomic E-state index is -0.685. The number of carboxylic acid groups (broad SMARTS) is 1. The van der Waals surface area contributed by atoms with Crippen LogP contribution in [0.5, 0.6) is 5.75 Å². The van der Waals surface area contributed by atoms with Crippen LogP contribution in [0, 0.1) is 5.92 Å². The van der Waals surface area contributed by atoms with Crippen molar-refractivity contribution in [2.45, 2.75) is 18.9 Å². The third-order valence-corrected chi connectivity index (χ3v) is 5.82. The summed E-state index contributed by atoms with van der Waals surface area (Å²) in [5, 5.41) is 9.21. The van der Waals surface area contributed by atoms with Crippen molar-refractivity contribution in [1.29, 1.82) is 0 Å². The topological polar surface area (TPSA) is 49.8 Å². The molecule has 6 heteroatoms. The third-order valence-electron chi connectivity index (χ3n) is 4.54. The Balaban J connectivity index is 1.86. The van der Waals surface area contributed by atoms with Crippen molar-refractivity contribution in [3.8, 4) is 5.75 Å². The predicted octanol–water partition coefficient (Wildman–Crippen LogP) is 4.30. The van der Waals surface area contributed by atoms with Crippen LogP contribution in [0.2, 0.25) is 4.34 Å². The molecule has 0 amide bonds. The van der Waals surface area contributed by atoms with Gasteiger partial charge in [0.25, 0.3) is 0 Å². The lowest BCUT2D eigenvalue weighted by Gasteiger charge is -2.36. The lowest BCUT2D eigenvalue weighted by atomic mass is 9.94. The fourth-order valence-corrected chi connectivity index (χ4v) is 4.45. The number of likely N-dealkylation sites (tertiary alicyclic amines) is 1. The Kier molecular flexibility index (Phi) is 5.43. The molecule has 128 valence electrons. The van der Waals surface area contributed by atoms with Crippen molar-refractivity contribution in [2.24, 2.45) is 5.92 Å². The van der Waals surface area contributed by atoms with Gasteiger partial charge in [-0.2, -0.15) is 0 Å². The maximum atomic E-state index is 11.2. The van der Waals surface area contributed by atoms with Gasteiger partial charge in [-0.15, -0.1) is 11.3 Å². The lowest BCUT2D eigenvalue weighted by molar-refractivity contribution is -0.143. The molecular weight excluding hydrogens is 346 g/mol. The summed E-state index contributed by atoms with van der Waals surface area (Å²) in [5.41, 5.74) is 1.17. The van der Waals surface area contributed by atoms with Crippen molar-refractivity contribution in [3.63, 3.8) is 0 Å². The molecule has 1 atom stereocenters. The number of ether oxygens (including phenoxy) is 1. The van der Waals surface area contributed by atoms with Crippen molar-refractivity contribution in [1.82, 2.24) is 4.90 Å². The highest BCUT2D eigenvalue weighted by Crippen LogP contribution is 2.37. The second kappa shape index (κ2) is 7.55. The number of hydrogen-bond acceptors (Lipinski definition) is 4. The van der Waals surface area contributed by atoms with Gasteiger partial charge >= 0.3 is 5.97 Å². The van der Waals surface area contributed by atoms with Gasteiger partial charge in [-0.05, 0) is 55.8 Å². The molecule has 24 heavy (non-hydrogen) atoms. The van der Waals surface area contributed by atoms with Crippen LogP contribution >= 0.6 is 22.9 Å². The summed E-state index contributed by atoms with van der Waals surface area (Å²) in [4.78, 5) is 14.7. The van der Waals surface area contributed by atoms with Crippen LogP contribution in [-0.4, -0.2) is 36.2 Å². The molecule has 0 saturated carbocycles. The molecule has 1 saturated heterocycles. The Morgan fingerprint density at radius 3 is 2.42 bits per heavy atom. The van der Waals surface area contributed by atoms with E-state index >= 15 is 0 Å². The molecule has 0 radical (unpaired) electrons. The van der Waals surface area contributed by atoms with E-state index in [1.165, 1.54) is 10.4 Å². The summed E-state index contributed by atoms with van der Waals surface area (Å²) in [6, 6.07) is 12.1. The van der Waals surface area contributed by atoms with Gasteiger partial charge < -0.3 is 9.84 Å². The zero-order chi connectivity index (χ0) is 17.1. The average Bonchev–Trinajstić information content (AvgIpc) is 3.02. The molecule has 0 bridgehead atoms. The Labute approximate surface area is 150 Å². The number of piperidine rings is 1. The molecular formula is C18H20ClNO3S. The van der Waals surface area contributed by atoms with Crippen LogP contribution in [-0.2, 0) is 4.79 Å². The van der Waals surface area contributed by atoms with Gasteiger partial charge in [-0.3, -0.25) is 9.69 Å². The summed E-state index contributed by atoms with van der Waals surface area (Å²) < 4.78 is 6.01. The van der Waals surface area contributed by atoms with Gasteiger partial charge in [0.05, 0.1) is 23.4 Å². The first-order chi connectivity index (χ1) is 11.6. The fourth-order valence-electron chi connectivity index (χ4n) is 3.22. The van der Waals surface area contributed by atoms with E-state index in [1.807, 2.05) is 18.2 Å². The van der Waals surface area contributed by atoms with Crippen LogP contribution in [0.4, 0.5) is 0 Å². The standard InChI is InChI=1S/C18H20ClNO3S/c1-23-14-4-2-12(3-5-14)17(15-6-7-16(19)24-15)20-10-8-13(9-11-20)18(21)22/h2-7,13,17H,8-11H2,1H3,(H,21,22). The molecule has 1 aromatic heterocycles. The number of thiophene rings is 1. The van der Waals surface area contributed by atoms with Gasteiger partial charge in [-0.25, -0.2) is 0 Å². The number of rotatable bonds is 5. The first-order valence-corrected chi connectivity index (χ1v) is 9.14. The highest BCUT2D eigenvalue weighted by atomic mass is 35.5. The van der Waals surface area contributed by atoms with Gasteiger partial charge in [0, 0.05) is 4.88 Å². The summed E-state index contributed by atoms with van der Waals surface area (Å²) in [5.74, 6) is -0.0918. The highest BCUT2D eigenvalue weighted by Gasteiger charge is 2.30. The monoisotopic (exact) mass is 365 g/mol. The van der Waals surface area contributed by atoms with Gasteiger partial charge in [0.15, 0.2) is 0 Å². The summed E-state index contributed by atoms with van der Waals surface area (Å²) in [6.45, 7) is 1.53. The fraction of sp³-hybridized carbons (Fsp3) is 0.389. The van der Waals surface area contributed by atoms with E-state index in [1.54, 1.807) is 18.4 Å². The number of nitrogens with zero attached hydrogens (tertiary/aromatic N) is 1. The predicted molar refractivity (Wildman–Crippen MR) is 96.1 cm³/mol. The van der Waals surface area contributed by atoms with E-state index in [0.29, 0.717) is 12.8 Å². The van der Waals surface area contributed by atoms with Crippen molar-refractivity contribution in [3.05, 3.63) is 51.2 Å². The third kappa shape index (κ3) is 3.74. The molecule has 3 rings (SSSR count). The van der Waals surface area contributed by atoms with E-state index in [4.69, 9.17) is 16.3 Å². The van der Waals surface area contributed by atoms with E-state index in [9.17, 15) is 9.90 Å². The highest BCUT2D eigenvalue weighted by molar-refractivity contribution is 7.16. The van der Waals surface area contributed by atoms with Gasteiger partial charge in [0.2, 0.25) is 0 Å². The second-order valence-corrected chi connectivity index (χ2v) is 7.71. The number of benzene rings is 1. The van der Waals surface area contributed by atoms with E-state index in [0.717, 1.165) is 23.2 Å². The average molecular weight is 366 g/mol. The molecule has 0 spiro atoms. The van der Waals surface area contributed by atoms with Crippen LogP contribution < -0.4 is 4.74 Å². The zero-order valence-electron chi connectivity index (χ0n) is 13.4. The van der Waals surface area contributed by atoms with Crippen molar-refractivity contribution in [2.75, 3.05) is 20.2 Å². The lowest BCUT2D eigenvalue weighted by Crippen LogP contribution is -2.39. The van der Waals surface area contributed by atoms with Crippen molar-refractivity contribution < 1.29 is 14.6 Å². The first kappa shape index (κ1) is 17.3. The van der Waals surface area contributed by atoms with Crippen LogP contribution in [0.25, 0.3) is 0 Å². The van der Waals surface area contributed by atoms with E-state index in [-0.39, 0.29) is 12.0 Å². The largest absolute Gasteiger partial charge is 0.497 e. The smallest absolute Gasteiger partial charge is 0.306 e. The van der Waals surface area contributed by atoms with Crippen molar-refractivity contribution >= 4 is 28.9 Å². The Bertz CT molecular complexity index is 693. The molecule has 1 N–H and O–H groups in total. The first-order valence-electron chi connectivity index (χ1n) is 7.94. The number of methoxy groups -OCH3 is 1. The molecule has 2 aromatic rings. The number of hydrogen-bond donors (Lipinski definition) is 1. The molecule has 1 aromatic carbocycles. The van der Waals surface area contributed by atoms with Crippen LogP contribution in [0.15, 0.2) is 36.4 Å². The van der Waals surface area contributed by atoms with E-state index < -0.39 is 5.97 Å². The Morgan fingerprint density at radius 2 is 1.92 bits per heavy atom.